The lowest BCUT2D eigenvalue weighted by Gasteiger charge is -2.41. The zero-order chi connectivity index (χ0) is 10.7. The summed E-state index contributed by atoms with van der Waals surface area (Å²) in [6.07, 6.45) is 7.12. The van der Waals surface area contributed by atoms with Gasteiger partial charge in [0.2, 0.25) is 0 Å². The first-order chi connectivity index (χ1) is 7.26. The van der Waals surface area contributed by atoms with Crippen LogP contribution in [0.15, 0.2) is 0 Å². The van der Waals surface area contributed by atoms with Crippen LogP contribution in [0.25, 0.3) is 0 Å². The molecule has 1 saturated heterocycles. The summed E-state index contributed by atoms with van der Waals surface area (Å²) in [6.45, 7) is 1.47. The quantitative estimate of drug-likeness (QED) is 0.764. The van der Waals surface area contributed by atoms with E-state index < -0.39 is 11.4 Å². The van der Waals surface area contributed by atoms with Crippen LogP contribution in [0.1, 0.15) is 44.9 Å². The molecule has 1 aliphatic heterocycles. The van der Waals surface area contributed by atoms with Crippen molar-refractivity contribution in [3.05, 3.63) is 0 Å². The molecule has 3 nitrogen and oxygen atoms in total. The Morgan fingerprint density at radius 3 is 2.47 bits per heavy atom. The van der Waals surface area contributed by atoms with Gasteiger partial charge in [-0.05, 0) is 31.6 Å². The van der Waals surface area contributed by atoms with Gasteiger partial charge >= 0.3 is 5.97 Å². The second-order valence-electron chi connectivity index (χ2n) is 4.94. The topological polar surface area (TPSA) is 46.5 Å². The van der Waals surface area contributed by atoms with Crippen LogP contribution in [0.3, 0.4) is 0 Å². The molecular formula is C12H20O3. The van der Waals surface area contributed by atoms with Crippen molar-refractivity contribution in [2.45, 2.75) is 44.9 Å². The Bertz CT molecular complexity index is 225. The standard InChI is InChI=1S/C12H20O3/c13-11(14)12(6-2-1-3-7-12)10-5-4-8-15-9-10/h10H,1-9H2,(H,13,14). The monoisotopic (exact) mass is 212 g/mol. The highest BCUT2D eigenvalue weighted by Crippen LogP contribution is 2.45. The van der Waals surface area contributed by atoms with Gasteiger partial charge in [0.25, 0.3) is 0 Å². The molecule has 0 bridgehead atoms. The Balaban J connectivity index is 2.12. The van der Waals surface area contributed by atoms with E-state index in [0.717, 1.165) is 45.1 Å². The van der Waals surface area contributed by atoms with E-state index in [1.165, 1.54) is 6.42 Å². The van der Waals surface area contributed by atoms with E-state index in [0.29, 0.717) is 6.61 Å². The first-order valence-electron chi connectivity index (χ1n) is 6.07. The molecule has 0 spiro atoms. The van der Waals surface area contributed by atoms with Crippen LogP contribution in [0, 0.1) is 11.3 Å². The van der Waals surface area contributed by atoms with Crippen molar-refractivity contribution in [3.63, 3.8) is 0 Å². The van der Waals surface area contributed by atoms with Crippen LogP contribution in [0.4, 0.5) is 0 Å². The van der Waals surface area contributed by atoms with Gasteiger partial charge in [-0.1, -0.05) is 19.3 Å². The van der Waals surface area contributed by atoms with E-state index in [-0.39, 0.29) is 5.92 Å². The number of carboxylic acid groups (broad SMARTS) is 1. The number of carboxylic acids is 1. The van der Waals surface area contributed by atoms with Gasteiger partial charge in [0.05, 0.1) is 12.0 Å². The molecule has 1 saturated carbocycles. The number of hydrogen-bond acceptors (Lipinski definition) is 2. The molecule has 1 heterocycles. The normalized spacial score (nSPS) is 31.1. The fourth-order valence-electron chi connectivity index (χ4n) is 3.16. The van der Waals surface area contributed by atoms with E-state index in [1.807, 2.05) is 0 Å². The highest BCUT2D eigenvalue weighted by atomic mass is 16.5. The molecule has 1 atom stereocenters. The van der Waals surface area contributed by atoms with E-state index in [4.69, 9.17) is 4.74 Å². The van der Waals surface area contributed by atoms with Gasteiger partial charge in [-0.25, -0.2) is 0 Å². The maximum atomic E-state index is 11.5. The minimum atomic E-state index is -0.585. The van der Waals surface area contributed by atoms with Gasteiger partial charge in [-0.3, -0.25) is 4.79 Å². The highest BCUT2D eigenvalue weighted by molar-refractivity contribution is 5.75. The average molecular weight is 212 g/mol. The summed E-state index contributed by atoms with van der Waals surface area (Å²) in [7, 11) is 0. The van der Waals surface area contributed by atoms with Crippen molar-refractivity contribution in [2.75, 3.05) is 13.2 Å². The molecule has 0 aromatic rings. The molecule has 0 aromatic carbocycles. The van der Waals surface area contributed by atoms with E-state index in [1.54, 1.807) is 0 Å². The van der Waals surface area contributed by atoms with E-state index in [2.05, 4.69) is 0 Å². The Morgan fingerprint density at radius 2 is 1.93 bits per heavy atom. The molecule has 1 unspecified atom stereocenters. The Hall–Kier alpha value is -0.570. The third kappa shape index (κ3) is 2.03. The third-order valence-electron chi connectivity index (χ3n) is 4.11. The zero-order valence-electron chi connectivity index (χ0n) is 9.21. The Morgan fingerprint density at radius 1 is 1.20 bits per heavy atom. The summed E-state index contributed by atoms with van der Waals surface area (Å²) in [5, 5.41) is 9.49. The van der Waals surface area contributed by atoms with Crippen molar-refractivity contribution < 1.29 is 14.6 Å². The lowest BCUT2D eigenvalue weighted by Crippen LogP contribution is -2.44. The van der Waals surface area contributed by atoms with Crippen LogP contribution in [0.5, 0.6) is 0 Å². The molecule has 1 aliphatic carbocycles. The highest BCUT2D eigenvalue weighted by Gasteiger charge is 2.46. The molecule has 2 aliphatic rings. The van der Waals surface area contributed by atoms with Crippen molar-refractivity contribution >= 4 is 5.97 Å². The molecule has 1 N–H and O–H groups in total. The minimum absolute atomic E-state index is 0.254. The summed E-state index contributed by atoms with van der Waals surface area (Å²) < 4.78 is 5.45. The molecular weight excluding hydrogens is 192 g/mol. The van der Waals surface area contributed by atoms with Gasteiger partial charge in [0.1, 0.15) is 0 Å². The van der Waals surface area contributed by atoms with Gasteiger partial charge in [-0.2, -0.15) is 0 Å². The summed E-state index contributed by atoms with van der Waals surface area (Å²) in [5.41, 5.74) is -0.460. The predicted molar refractivity (Wildman–Crippen MR) is 56.7 cm³/mol. The number of rotatable bonds is 2. The van der Waals surface area contributed by atoms with Gasteiger partial charge in [-0.15, -0.1) is 0 Å². The first-order valence-corrected chi connectivity index (χ1v) is 6.07. The van der Waals surface area contributed by atoms with Gasteiger partial charge in [0.15, 0.2) is 0 Å². The maximum Gasteiger partial charge on any atom is 0.310 e. The molecule has 2 rings (SSSR count). The van der Waals surface area contributed by atoms with Crippen LogP contribution in [-0.4, -0.2) is 24.3 Å². The molecule has 0 aromatic heterocycles. The molecule has 2 fully saturated rings. The first kappa shape index (κ1) is 10.9. The van der Waals surface area contributed by atoms with Gasteiger partial charge < -0.3 is 9.84 Å². The van der Waals surface area contributed by atoms with Crippen molar-refractivity contribution in [3.8, 4) is 0 Å². The second-order valence-corrected chi connectivity index (χ2v) is 4.94. The predicted octanol–water partition coefficient (Wildman–Crippen LogP) is 2.45. The SMILES string of the molecule is O=C(O)C1(C2CCCOC2)CCCCC1. The Labute approximate surface area is 90.8 Å². The second kappa shape index (κ2) is 4.52. The number of carbonyl (C=O) groups is 1. The Kier molecular flexibility index (Phi) is 3.29. The lowest BCUT2D eigenvalue weighted by molar-refractivity contribution is -0.159. The maximum absolute atomic E-state index is 11.5. The summed E-state index contributed by atoms with van der Waals surface area (Å²) in [5.74, 6) is -0.332. The van der Waals surface area contributed by atoms with Crippen LogP contribution in [-0.2, 0) is 9.53 Å². The van der Waals surface area contributed by atoms with Crippen LogP contribution in [0.2, 0.25) is 0 Å². The van der Waals surface area contributed by atoms with E-state index >= 15 is 0 Å². The van der Waals surface area contributed by atoms with Crippen molar-refractivity contribution in [1.29, 1.82) is 0 Å². The largest absolute Gasteiger partial charge is 0.481 e. The average Bonchev–Trinajstić information content (AvgIpc) is 2.31. The van der Waals surface area contributed by atoms with Crippen LogP contribution < -0.4 is 0 Å². The fourth-order valence-corrected chi connectivity index (χ4v) is 3.16. The third-order valence-corrected chi connectivity index (χ3v) is 4.11. The number of hydrogen-bond donors (Lipinski definition) is 1. The summed E-state index contributed by atoms with van der Waals surface area (Å²) in [6, 6.07) is 0. The van der Waals surface area contributed by atoms with Crippen molar-refractivity contribution in [1.82, 2.24) is 0 Å². The van der Waals surface area contributed by atoms with Crippen LogP contribution >= 0.6 is 0 Å². The minimum Gasteiger partial charge on any atom is -0.481 e. The van der Waals surface area contributed by atoms with E-state index in [9.17, 15) is 9.90 Å². The number of ether oxygens (including phenoxy) is 1. The zero-order valence-corrected chi connectivity index (χ0v) is 9.21. The molecule has 0 amide bonds. The summed E-state index contributed by atoms with van der Waals surface area (Å²) in [4.78, 5) is 11.5. The smallest absolute Gasteiger partial charge is 0.310 e. The van der Waals surface area contributed by atoms with Crippen molar-refractivity contribution in [2.24, 2.45) is 11.3 Å². The fraction of sp³-hybridized carbons (Fsp3) is 0.917. The molecule has 86 valence electrons. The molecule has 0 radical (unpaired) electrons. The lowest BCUT2D eigenvalue weighted by atomic mass is 9.64. The number of aliphatic carboxylic acids is 1. The summed E-state index contributed by atoms with van der Waals surface area (Å²) >= 11 is 0. The molecule has 3 heteroatoms. The molecule has 15 heavy (non-hydrogen) atoms. The van der Waals surface area contributed by atoms with Gasteiger partial charge in [0, 0.05) is 6.61 Å².